The first-order chi connectivity index (χ1) is 23.6. The molecule has 0 radical (unpaired) electrons. The number of hydrogen-bond acceptors (Lipinski definition) is 6. The molecule has 6 aromatic rings. The number of rotatable bonds is 11. The molecule has 0 aliphatic heterocycles. The van der Waals surface area contributed by atoms with Gasteiger partial charge in [0.05, 0.1) is 25.4 Å². The zero-order valence-corrected chi connectivity index (χ0v) is 26.7. The van der Waals surface area contributed by atoms with Gasteiger partial charge in [0, 0.05) is 11.1 Å². The Labute approximate surface area is 279 Å². The molecular formula is C42H34O6. The standard InChI is InChI=1S/C42H34O6/c1-45-41(43)33(25-29-13-5-3-6-14-29)27-47-37-23-21-31-17-9-11-19-35(31)39(37)40-36-20-12-10-18-32(36)22-24-38(40)48-28-34(42(44)46-2)26-30-15-7-4-8-16-30/h3-26H,27-28H2,1-2H3/b33-25-,34-26-. The Bertz CT molecular complexity index is 1980. The minimum Gasteiger partial charge on any atom is -0.488 e. The van der Waals surface area contributed by atoms with Gasteiger partial charge in [0.25, 0.3) is 0 Å². The molecule has 0 aliphatic rings. The third kappa shape index (κ3) is 7.13. The highest BCUT2D eigenvalue weighted by atomic mass is 16.5. The van der Waals surface area contributed by atoms with Crippen LogP contribution >= 0.6 is 0 Å². The van der Waals surface area contributed by atoms with E-state index in [2.05, 4.69) is 0 Å². The third-order valence-corrected chi connectivity index (χ3v) is 7.97. The van der Waals surface area contributed by atoms with E-state index in [0.717, 1.165) is 43.8 Å². The molecule has 0 unspecified atom stereocenters. The van der Waals surface area contributed by atoms with Gasteiger partial charge in [-0.1, -0.05) is 121 Å². The summed E-state index contributed by atoms with van der Waals surface area (Å²) in [6.07, 6.45) is 3.54. The minimum atomic E-state index is -0.476. The van der Waals surface area contributed by atoms with Crippen LogP contribution in [0.3, 0.4) is 0 Å². The van der Waals surface area contributed by atoms with E-state index in [-0.39, 0.29) is 13.2 Å². The molecule has 238 valence electrons. The quantitative estimate of drug-likeness (QED) is 0.105. The molecule has 48 heavy (non-hydrogen) atoms. The molecule has 6 nitrogen and oxygen atoms in total. The summed E-state index contributed by atoms with van der Waals surface area (Å²) >= 11 is 0. The van der Waals surface area contributed by atoms with Crippen LogP contribution in [0.2, 0.25) is 0 Å². The van der Waals surface area contributed by atoms with Crippen molar-refractivity contribution in [3.63, 3.8) is 0 Å². The second kappa shape index (κ2) is 15.0. The lowest BCUT2D eigenvalue weighted by Gasteiger charge is -2.20. The molecule has 0 saturated carbocycles. The summed E-state index contributed by atoms with van der Waals surface area (Å²) in [5.74, 6) is 0.170. The predicted molar refractivity (Wildman–Crippen MR) is 191 cm³/mol. The molecule has 0 atom stereocenters. The summed E-state index contributed by atoms with van der Waals surface area (Å²) < 4.78 is 23.2. The van der Waals surface area contributed by atoms with E-state index in [1.165, 1.54) is 14.2 Å². The van der Waals surface area contributed by atoms with Crippen LogP contribution in [0, 0.1) is 0 Å². The van der Waals surface area contributed by atoms with Crippen LogP contribution in [0.25, 0.3) is 44.8 Å². The first-order valence-electron chi connectivity index (χ1n) is 15.5. The molecule has 0 heterocycles. The lowest BCUT2D eigenvalue weighted by molar-refractivity contribution is -0.137. The van der Waals surface area contributed by atoms with E-state index < -0.39 is 11.9 Å². The fourth-order valence-electron chi connectivity index (χ4n) is 5.65. The lowest BCUT2D eigenvalue weighted by Crippen LogP contribution is -2.14. The SMILES string of the molecule is COC(=O)/C(=C\c1ccccc1)COc1ccc2ccccc2c1-c1c(OC/C(=C/c2ccccc2)C(=O)OC)ccc2ccccc12. The lowest BCUT2D eigenvalue weighted by atomic mass is 9.92. The highest BCUT2D eigenvalue weighted by molar-refractivity contribution is 6.10. The van der Waals surface area contributed by atoms with Gasteiger partial charge in [-0.3, -0.25) is 0 Å². The Morgan fingerprint density at radius 2 is 0.854 bits per heavy atom. The fraction of sp³-hybridized carbons (Fsp3) is 0.0952. The van der Waals surface area contributed by atoms with Crippen LogP contribution < -0.4 is 9.47 Å². The van der Waals surface area contributed by atoms with Crippen molar-refractivity contribution < 1.29 is 28.5 Å². The van der Waals surface area contributed by atoms with Crippen molar-refractivity contribution in [1.82, 2.24) is 0 Å². The van der Waals surface area contributed by atoms with E-state index in [9.17, 15) is 9.59 Å². The predicted octanol–water partition coefficient (Wildman–Crippen LogP) is 8.93. The average Bonchev–Trinajstić information content (AvgIpc) is 3.14. The van der Waals surface area contributed by atoms with Gasteiger partial charge in [0.1, 0.15) is 24.7 Å². The highest BCUT2D eigenvalue weighted by Gasteiger charge is 2.21. The van der Waals surface area contributed by atoms with E-state index in [1.807, 2.05) is 133 Å². The van der Waals surface area contributed by atoms with Crippen LogP contribution in [-0.4, -0.2) is 39.4 Å². The molecular weight excluding hydrogens is 600 g/mol. The number of benzene rings is 6. The summed E-state index contributed by atoms with van der Waals surface area (Å²) in [7, 11) is 2.72. The maximum Gasteiger partial charge on any atom is 0.337 e. The molecule has 0 amide bonds. The Morgan fingerprint density at radius 1 is 0.479 bits per heavy atom. The monoisotopic (exact) mass is 634 g/mol. The molecule has 6 rings (SSSR count). The van der Waals surface area contributed by atoms with E-state index in [0.29, 0.717) is 22.6 Å². The van der Waals surface area contributed by atoms with Gasteiger partial charge in [-0.05, 0) is 57.0 Å². The Hall–Kier alpha value is -6.14. The number of fused-ring (bicyclic) bond motifs is 2. The first kappa shape index (κ1) is 31.8. The van der Waals surface area contributed by atoms with Crippen molar-refractivity contribution in [2.45, 2.75) is 0 Å². The van der Waals surface area contributed by atoms with Crippen LogP contribution in [0.1, 0.15) is 11.1 Å². The highest BCUT2D eigenvalue weighted by Crippen LogP contribution is 2.45. The Morgan fingerprint density at radius 3 is 1.25 bits per heavy atom. The summed E-state index contributed by atoms with van der Waals surface area (Å²) in [6.45, 7) is -0.0552. The van der Waals surface area contributed by atoms with Gasteiger partial charge in [-0.25, -0.2) is 9.59 Å². The summed E-state index contributed by atoms with van der Waals surface area (Å²) in [5, 5.41) is 3.89. The molecule has 6 heteroatoms. The van der Waals surface area contributed by atoms with E-state index in [4.69, 9.17) is 18.9 Å². The molecule has 6 aromatic carbocycles. The molecule has 0 fully saturated rings. The van der Waals surface area contributed by atoms with Crippen LogP contribution in [0.4, 0.5) is 0 Å². The van der Waals surface area contributed by atoms with Crippen molar-refractivity contribution in [3.8, 4) is 22.6 Å². The van der Waals surface area contributed by atoms with Crippen LogP contribution in [0.15, 0.2) is 145 Å². The van der Waals surface area contributed by atoms with Crippen molar-refractivity contribution in [2.75, 3.05) is 27.4 Å². The number of esters is 2. The minimum absolute atomic E-state index is 0.0276. The van der Waals surface area contributed by atoms with Gasteiger partial charge >= 0.3 is 11.9 Å². The van der Waals surface area contributed by atoms with Crippen molar-refractivity contribution in [2.24, 2.45) is 0 Å². The van der Waals surface area contributed by atoms with Gasteiger partial charge in [0.2, 0.25) is 0 Å². The van der Waals surface area contributed by atoms with E-state index >= 15 is 0 Å². The summed E-state index contributed by atoms with van der Waals surface area (Å²) in [5.41, 5.74) is 4.05. The maximum atomic E-state index is 12.9. The number of methoxy groups -OCH3 is 2. The number of carbonyl (C=O) groups excluding carboxylic acids is 2. The Balaban J connectivity index is 1.47. The van der Waals surface area contributed by atoms with Crippen molar-refractivity contribution >= 4 is 45.6 Å². The fourth-order valence-corrected chi connectivity index (χ4v) is 5.65. The average molecular weight is 635 g/mol. The molecule has 0 saturated heterocycles. The maximum absolute atomic E-state index is 12.9. The van der Waals surface area contributed by atoms with Crippen LogP contribution in [-0.2, 0) is 19.1 Å². The van der Waals surface area contributed by atoms with Crippen LogP contribution in [0.5, 0.6) is 11.5 Å². The second-order valence-electron chi connectivity index (χ2n) is 11.0. The smallest absolute Gasteiger partial charge is 0.337 e. The molecule has 0 aromatic heterocycles. The molecule has 0 bridgehead atoms. The van der Waals surface area contributed by atoms with Gasteiger partial charge in [-0.2, -0.15) is 0 Å². The Kier molecular flexibility index (Phi) is 9.92. The largest absolute Gasteiger partial charge is 0.488 e. The van der Waals surface area contributed by atoms with Crippen molar-refractivity contribution in [1.29, 1.82) is 0 Å². The summed E-state index contributed by atoms with van der Waals surface area (Å²) in [4.78, 5) is 25.7. The first-order valence-corrected chi connectivity index (χ1v) is 15.5. The normalized spacial score (nSPS) is 11.7. The number of hydrogen-bond donors (Lipinski definition) is 0. The zero-order valence-electron chi connectivity index (χ0n) is 26.7. The summed E-state index contributed by atoms with van der Waals surface area (Å²) in [6, 6.07) is 43.1. The third-order valence-electron chi connectivity index (χ3n) is 7.97. The van der Waals surface area contributed by atoms with Gasteiger partial charge in [0.15, 0.2) is 0 Å². The van der Waals surface area contributed by atoms with Gasteiger partial charge < -0.3 is 18.9 Å². The second-order valence-corrected chi connectivity index (χ2v) is 11.0. The molecule has 0 spiro atoms. The van der Waals surface area contributed by atoms with Gasteiger partial charge in [-0.15, -0.1) is 0 Å². The number of carbonyl (C=O) groups is 2. The zero-order chi connectivity index (χ0) is 33.3. The molecule has 0 N–H and O–H groups in total. The van der Waals surface area contributed by atoms with E-state index in [1.54, 1.807) is 12.2 Å². The molecule has 0 aliphatic carbocycles. The topological polar surface area (TPSA) is 71.1 Å². The van der Waals surface area contributed by atoms with Crippen molar-refractivity contribution in [3.05, 3.63) is 156 Å². The number of ether oxygens (including phenoxy) is 4.